The fourth-order valence-electron chi connectivity index (χ4n) is 0.385. The fraction of sp³-hybridized carbons (Fsp3) is 0. The average molecular weight is 213 g/mol. The van der Waals surface area contributed by atoms with Gasteiger partial charge < -0.3 is 0 Å². The van der Waals surface area contributed by atoms with E-state index in [4.69, 9.17) is 5.26 Å². The van der Waals surface area contributed by atoms with E-state index < -0.39 is 0 Å². The zero-order valence-corrected chi connectivity index (χ0v) is 9.68. The number of hydrogen-bond acceptors (Lipinski definition) is 1. The van der Waals surface area contributed by atoms with Gasteiger partial charge >= 0.3 is 0 Å². The highest BCUT2D eigenvalue weighted by atomic mass is 14.2. The molecule has 1 rings (SSSR count). The normalized spacial score (nSPS) is 5.44. The van der Waals surface area contributed by atoms with Crippen LogP contribution in [0.5, 0.6) is 0 Å². The largest absolute Gasteiger partial charge is 0.193 e. The summed E-state index contributed by atoms with van der Waals surface area (Å²) >= 11 is 0. The number of nitrogens with zero attached hydrogens (tertiary/aromatic N) is 1. The molecule has 0 saturated carbocycles. The summed E-state index contributed by atoms with van der Waals surface area (Å²) in [5.41, 5.74) is 0. The summed E-state index contributed by atoms with van der Waals surface area (Å²) in [6.45, 7) is 15.8. The van der Waals surface area contributed by atoms with Gasteiger partial charge in [-0.2, -0.15) is 5.26 Å². The lowest BCUT2D eigenvalue weighted by Gasteiger charge is -1.69. The van der Waals surface area contributed by atoms with Gasteiger partial charge in [-0.3, -0.25) is 0 Å². The first-order valence-corrected chi connectivity index (χ1v) is 4.57. The molecule has 0 aliphatic carbocycles. The van der Waals surface area contributed by atoms with E-state index in [9.17, 15) is 0 Å². The lowest BCUT2D eigenvalue weighted by atomic mass is 10.4. The average Bonchev–Trinajstić information content (AvgIpc) is 2.43. The van der Waals surface area contributed by atoms with Crippen molar-refractivity contribution in [3.8, 4) is 6.07 Å². The smallest absolute Gasteiger partial charge is 0.0905 e. The van der Waals surface area contributed by atoms with Crippen LogP contribution < -0.4 is 0 Å². The van der Waals surface area contributed by atoms with Crippen LogP contribution in [0.25, 0.3) is 0 Å². The zero-order valence-electron chi connectivity index (χ0n) is 9.68. The number of rotatable bonds is 1. The topological polar surface area (TPSA) is 23.8 Å². The summed E-state index contributed by atoms with van der Waals surface area (Å²) in [7, 11) is 0. The zero-order chi connectivity index (χ0) is 13.1. The third-order valence-corrected chi connectivity index (χ3v) is 0.925. The van der Waals surface area contributed by atoms with Gasteiger partial charge in [-0.1, -0.05) is 68.3 Å². The van der Waals surface area contributed by atoms with Gasteiger partial charge in [0.25, 0.3) is 0 Å². The monoisotopic (exact) mass is 213 g/mol. The summed E-state index contributed by atoms with van der Waals surface area (Å²) in [6.07, 6.45) is 4.46. The van der Waals surface area contributed by atoms with E-state index >= 15 is 0 Å². The van der Waals surface area contributed by atoms with E-state index in [2.05, 4.69) is 32.9 Å². The molecule has 84 valence electrons. The standard InChI is InChI=1S/C6H6.C4H6.C3H3N.C2H4/c1-2-4-6-5-3-1;1-3-4-2;1-2-3-4;1-2/h1-6H;3-4H,1-2H2;2H,1H2;1-2H2. The first-order valence-electron chi connectivity index (χ1n) is 4.57. The van der Waals surface area contributed by atoms with Crippen LogP contribution >= 0.6 is 0 Å². The molecule has 0 radical (unpaired) electrons. The van der Waals surface area contributed by atoms with Gasteiger partial charge in [0.15, 0.2) is 0 Å². The molecule has 0 aliphatic heterocycles. The van der Waals surface area contributed by atoms with E-state index in [1.54, 1.807) is 18.2 Å². The van der Waals surface area contributed by atoms with Crippen molar-refractivity contribution in [2.75, 3.05) is 0 Å². The minimum atomic E-state index is 1.18. The fourth-order valence-corrected chi connectivity index (χ4v) is 0.385. The SMILES string of the molecule is C=C.C=CC#N.C=CC=C.c1ccccc1. The maximum Gasteiger partial charge on any atom is 0.0905 e. The van der Waals surface area contributed by atoms with Crippen LogP contribution in [0.1, 0.15) is 0 Å². The molecule has 0 atom stereocenters. The molecule has 0 bridgehead atoms. The van der Waals surface area contributed by atoms with Gasteiger partial charge in [-0.25, -0.2) is 0 Å². The molecule has 1 aromatic carbocycles. The summed E-state index contributed by atoms with van der Waals surface area (Å²) in [5.74, 6) is 0. The molecule has 1 heteroatoms. The highest BCUT2D eigenvalue weighted by Gasteiger charge is 1.57. The molecule has 0 aromatic heterocycles. The molecule has 16 heavy (non-hydrogen) atoms. The Hall–Kier alpha value is -2.33. The Morgan fingerprint density at radius 3 is 1.00 bits per heavy atom. The van der Waals surface area contributed by atoms with Crippen LogP contribution in [-0.2, 0) is 0 Å². The third-order valence-electron chi connectivity index (χ3n) is 0.925. The van der Waals surface area contributed by atoms with Crippen molar-refractivity contribution in [3.05, 3.63) is 87.5 Å². The second kappa shape index (κ2) is 29.3. The van der Waals surface area contributed by atoms with Crippen molar-refractivity contribution in [1.82, 2.24) is 0 Å². The molecule has 0 unspecified atom stereocenters. The van der Waals surface area contributed by atoms with Crippen molar-refractivity contribution in [3.63, 3.8) is 0 Å². The third kappa shape index (κ3) is 41.3. The van der Waals surface area contributed by atoms with Gasteiger partial charge in [0.1, 0.15) is 0 Å². The molecule has 0 heterocycles. The molecule has 0 fully saturated rings. The number of hydrogen-bond donors (Lipinski definition) is 0. The van der Waals surface area contributed by atoms with Crippen LogP contribution in [0.3, 0.4) is 0 Å². The van der Waals surface area contributed by atoms with Crippen LogP contribution in [0.2, 0.25) is 0 Å². The first kappa shape index (κ1) is 19.3. The highest BCUT2D eigenvalue weighted by Crippen LogP contribution is 1.79. The van der Waals surface area contributed by atoms with Crippen molar-refractivity contribution >= 4 is 0 Å². The van der Waals surface area contributed by atoms with Crippen LogP contribution in [-0.4, -0.2) is 0 Å². The number of nitriles is 1. The second-order valence-electron chi connectivity index (χ2n) is 1.96. The molecular weight excluding hydrogens is 194 g/mol. The van der Waals surface area contributed by atoms with Gasteiger partial charge in [0.2, 0.25) is 0 Å². The van der Waals surface area contributed by atoms with E-state index in [0.29, 0.717) is 0 Å². The minimum absolute atomic E-state index is 1.18. The molecule has 1 nitrogen and oxygen atoms in total. The van der Waals surface area contributed by atoms with Crippen LogP contribution in [0, 0.1) is 11.3 Å². The van der Waals surface area contributed by atoms with E-state index in [-0.39, 0.29) is 0 Å². The molecule has 0 aliphatic rings. The quantitative estimate of drug-likeness (QED) is 0.381. The summed E-state index contributed by atoms with van der Waals surface area (Å²) < 4.78 is 0. The number of allylic oxidation sites excluding steroid dienone is 3. The Kier molecular flexibility index (Phi) is 35.3. The molecule has 0 amide bonds. The molecule has 0 spiro atoms. The summed E-state index contributed by atoms with van der Waals surface area (Å²) in [5, 5.41) is 7.51. The van der Waals surface area contributed by atoms with E-state index in [0.717, 1.165) is 0 Å². The Labute approximate surface area is 99.4 Å². The second-order valence-corrected chi connectivity index (χ2v) is 1.96. The van der Waals surface area contributed by atoms with Crippen LogP contribution in [0.15, 0.2) is 87.5 Å². The van der Waals surface area contributed by atoms with Gasteiger partial charge in [0, 0.05) is 6.08 Å². The molecule has 0 N–H and O–H groups in total. The lowest BCUT2D eigenvalue weighted by Crippen LogP contribution is -1.47. The van der Waals surface area contributed by atoms with Gasteiger partial charge in [-0.05, 0) is 0 Å². The van der Waals surface area contributed by atoms with E-state index in [1.165, 1.54) is 6.08 Å². The highest BCUT2D eigenvalue weighted by molar-refractivity contribution is 4.99. The van der Waals surface area contributed by atoms with Crippen molar-refractivity contribution in [2.24, 2.45) is 0 Å². The van der Waals surface area contributed by atoms with Crippen molar-refractivity contribution in [2.45, 2.75) is 0 Å². The predicted molar refractivity (Wildman–Crippen MR) is 73.9 cm³/mol. The summed E-state index contributed by atoms with van der Waals surface area (Å²) in [4.78, 5) is 0. The molecule has 0 saturated heterocycles. The Morgan fingerprint density at radius 2 is 0.938 bits per heavy atom. The van der Waals surface area contributed by atoms with Gasteiger partial charge in [-0.15, -0.1) is 13.2 Å². The maximum absolute atomic E-state index is 7.51. The minimum Gasteiger partial charge on any atom is -0.193 e. The predicted octanol–water partition coefficient (Wildman–Crippen LogP) is 4.54. The van der Waals surface area contributed by atoms with Crippen molar-refractivity contribution < 1.29 is 0 Å². The lowest BCUT2D eigenvalue weighted by molar-refractivity contribution is 1.54. The molecular formula is C15H19N. The Balaban J connectivity index is -0.000000152. The Bertz CT molecular complexity index is 247. The summed E-state index contributed by atoms with van der Waals surface area (Å²) in [6, 6.07) is 13.7. The van der Waals surface area contributed by atoms with Crippen molar-refractivity contribution in [1.29, 1.82) is 5.26 Å². The first-order chi connectivity index (χ1) is 7.83. The van der Waals surface area contributed by atoms with Crippen LogP contribution in [0.4, 0.5) is 0 Å². The Morgan fingerprint density at radius 1 is 0.750 bits per heavy atom. The van der Waals surface area contributed by atoms with E-state index in [1.807, 2.05) is 36.4 Å². The molecule has 1 aromatic rings. The maximum atomic E-state index is 7.51. The van der Waals surface area contributed by atoms with Gasteiger partial charge in [0.05, 0.1) is 6.07 Å². The number of benzene rings is 1.